The number of hydrogen-bond acceptors (Lipinski definition) is 3. The van der Waals surface area contributed by atoms with E-state index < -0.39 is 0 Å². The van der Waals surface area contributed by atoms with Gasteiger partial charge in [0.15, 0.2) is 0 Å². The van der Waals surface area contributed by atoms with Crippen LogP contribution in [0.1, 0.15) is 39.3 Å². The molecule has 2 aromatic heterocycles. The fourth-order valence-electron chi connectivity index (χ4n) is 3.13. The van der Waals surface area contributed by atoms with Crippen LogP contribution in [0.15, 0.2) is 41.8 Å². The number of carbonyl (C=O) groups excluding carboxylic acids is 1. The molecule has 24 heavy (non-hydrogen) atoms. The zero-order valence-electron chi connectivity index (χ0n) is 14.0. The van der Waals surface area contributed by atoms with Crippen molar-refractivity contribution < 1.29 is 4.79 Å². The normalized spacial score (nSPS) is 14.1. The van der Waals surface area contributed by atoms with Crippen molar-refractivity contribution in [2.75, 3.05) is 0 Å². The summed E-state index contributed by atoms with van der Waals surface area (Å²) in [6, 6.07) is 12.6. The van der Waals surface area contributed by atoms with Crippen molar-refractivity contribution in [2.24, 2.45) is 0 Å². The maximum atomic E-state index is 13.3. The molecule has 0 atom stereocenters. The van der Waals surface area contributed by atoms with Crippen molar-refractivity contribution in [3.8, 4) is 0 Å². The van der Waals surface area contributed by atoms with Crippen LogP contribution in [0.25, 0.3) is 10.9 Å². The van der Waals surface area contributed by atoms with Gasteiger partial charge in [-0.1, -0.05) is 17.7 Å². The molecule has 0 radical (unpaired) electrons. The molecule has 3 nitrogen and oxygen atoms in total. The van der Waals surface area contributed by atoms with Crippen molar-refractivity contribution in [1.82, 2.24) is 9.88 Å². The minimum absolute atomic E-state index is 0.131. The third kappa shape index (κ3) is 2.94. The molecule has 0 spiro atoms. The average molecular weight is 336 g/mol. The largest absolute Gasteiger partial charge is 0.331 e. The van der Waals surface area contributed by atoms with Crippen LogP contribution >= 0.6 is 11.3 Å². The van der Waals surface area contributed by atoms with Crippen LogP contribution in [-0.4, -0.2) is 21.8 Å². The molecule has 1 aliphatic rings. The Morgan fingerprint density at radius 1 is 1.25 bits per heavy atom. The first-order chi connectivity index (χ1) is 11.6. The molecule has 0 unspecified atom stereocenters. The Labute approximate surface area is 146 Å². The molecule has 0 saturated heterocycles. The van der Waals surface area contributed by atoms with E-state index in [-0.39, 0.29) is 5.91 Å². The molecule has 1 aliphatic carbocycles. The second kappa shape index (κ2) is 6.02. The number of aromatic nitrogens is 1. The van der Waals surface area contributed by atoms with Crippen LogP contribution in [0.3, 0.4) is 0 Å². The number of benzene rings is 1. The highest BCUT2D eigenvalue weighted by Crippen LogP contribution is 2.32. The number of rotatable bonds is 4. The Morgan fingerprint density at radius 2 is 2.08 bits per heavy atom. The number of thiophene rings is 1. The van der Waals surface area contributed by atoms with Gasteiger partial charge in [-0.15, -0.1) is 11.3 Å². The fraction of sp³-hybridized carbons (Fsp3) is 0.300. The highest BCUT2D eigenvalue weighted by atomic mass is 32.1. The maximum Gasteiger partial charge on any atom is 0.255 e. The summed E-state index contributed by atoms with van der Waals surface area (Å²) in [7, 11) is 0. The number of nitrogens with zero attached hydrogens (tertiary/aromatic N) is 2. The number of hydrogen-bond donors (Lipinski definition) is 0. The van der Waals surface area contributed by atoms with Gasteiger partial charge in [0.2, 0.25) is 0 Å². The topological polar surface area (TPSA) is 33.2 Å². The molecule has 1 saturated carbocycles. The molecule has 1 fully saturated rings. The third-order valence-corrected chi connectivity index (χ3v) is 5.34. The predicted octanol–water partition coefficient (Wildman–Crippen LogP) is 4.72. The van der Waals surface area contributed by atoms with Gasteiger partial charge in [0.05, 0.1) is 17.6 Å². The van der Waals surface area contributed by atoms with Gasteiger partial charge in [-0.3, -0.25) is 9.78 Å². The number of aryl methyl sites for hydroxylation is 2. The average Bonchev–Trinajstić information content (AvgIpc) is 3.28. The summed E-state index contributed by atoms with van der Waals surface area (Å²) in [6.45, 7) is 4.71. The van der Waals surface area contributed by atoms with Crippen LogP contribution in [0, 0.1) is 13.8 Å². The maximum absolute atomic E-state index is 13.3. The van der Waals surface area contributed by atoms with Crippen LogP contribution in [0.5, 0.6) is 0 Å². The lowest BCUT2D eigenvalue weighted by molar-refractivity contribution is 0.0733. The minimum atomic E-state index is 0.131. The highest BCUT2D eigenvalue weighted by molar-refractivity contribution is 7.09. The van der Waals surface area contributed by atoms with Crippen molar-refractivity contribution in [1.29, 1.82) is 0 Å². The lowest BCUT2D eigenvalue weighted by Gasteiger charge is -2.23. The SMILES string of the molecule is Cc1ccc2nc(C)cc(C(=O)N(Cc3cccs3)C3CC3)c2c1. The summed E-state index contributed by atoms with van der Waals surface area (Å²) < 4.78 is 0. The quantitative estimate of drug-likeness (QED) is 0.691. The summed E-state index contributed by atoms with van der Waals surface area (Å²) in [5.41, 5.74) is 3.72. The molecule has 0 bridgehead atoms. The minimum Gasteiger partial charge on any atom is -0.331 e. The zero-order valence-corrected chi connectivity index (χ0v) is 14.8. The molecule has 3 aromatic rings. The Morgan fingerprint density at radius 3 is 2.79 bits per heavy atom. The predicted molar refractivity (Wildman–Crippen MR) is 98.4 cm³/mol. The van der Waals surface area contributed by atoms with Gasteiger partial charge >= 0.3 is 0 Å². The number of fused-ring (bicyclic) bond motifs is 1. The van der Waals surface area contributed by atoms with Crippen LogP contribution in [-0.2, 0) is 6.54 Å². The summed E-state index contributed by atoms with van der Waals surface area (Å²) in [4.78, 5) is 21.2. The molecule has 1 aromatic carbocycles. The van der Waals surface area contributed by atoms with Gasteiger partial charge in [0, 0.05) is 22.0 Å². The number of carbonyl (C=O) groups is 1. The summed E-state index contributed by atoms with van der Waals surface area (Å²) in [5, 5.41) is 3.03. The first kappa shape index (κ1) is 15.3. The Bertz CT molecular complexity index is 897. The molecular formula is C20H20N2OS. The van der Waals surface area contributed by atoms with E-state index in [2.05, 4.69) is 29.4 Å². The fourth-order valence-corrected chi connectivity index (χ4v) is 3.83. The van der Waals surface area contributed by atoms with Crippen molar-refractivity contribution in [3.05, 3.63) is 63.5 Å². The van der Waals surface area contributed by atoms with E-state index in [4.69, 9.17) is 0 Å². The second-order valence-corrected chi connectivity index (χ2v) is 7.61. The molecule has 0 N–H and O–H groups in total. The molecule has 2 heterocycles. The number of amides is 1. The second-order valence-electron chi connectivity index (χ2n) is 6.58. The highest BCUT2D eigenvalue weighted by Gasteiger charge is 2.34. The lowest BCUT2D eigenvalue weighted by atomic mass is 10.0. The van der Waals surface area contributed by atoms with Gasteiger partial charge in [0.25, 0.3) is 5.91 Å². The van der Waals surface area contributed by atoms with Crippen molar-refractivity contribution in [2.45, 2.75) is 39.3 Å². The standard InChI is InChI=1S/C20H20N2OS/c1-13-5-8-19-17(10-13)18(11-14(2)21-19)20(23)22(15-6-7-15)12-16-4-3-9-24-16/h3-5,8-11,15H,6-7,12H2,1-2H3. The van der Waals surface area contributed by atoms with E-state index >= 15 is 0 Å². The van der Waals surface area contributed by atoms with Crippen LogP contribution < -0.4 is 0 Å². The van der Waals surface area contributed by atoms with Gasteiger partial charge < -0.3 is 4.90 Å². The zero-order chi connectivity index (χ0) is 16.7. The van der Waals surface area contributed by atoms with E-state index in [0.717, 1.165) is 40.6 Å². The summed E-state index contributed by atoms with van der Waals surface area (Å²) in [5.74, 6) is 0.131. The van der Waals surface area contributed by atoms with Gasteiger partial charge in [-0.05, 0) is 56.3 Å². The van der Waals surface area contributed by atoms with E-state index in [9.17, 15) is 4.79 Å². The molecule has 0 aliphatic heterocycles. The Hall–Kier alpha value is -2.20. The van der Waals surface area contributed by atoms with Crippen LogP contribution in [0.4, 0.5) is 0 Å². The van der Waals surface area contributed by atoms with Gasteiger partial charge in [0.1, 0.15) is 0 Å². The Kier molecular flexibility index (Phi) is 3.85. The van der Waals surface area contributed by atoms with E-state index in [0.29, 0.717) is 12.6 Å². The molecule has 4 rings (SSSR count). The Balaban J connectivity index is 1.77. The van der Waals surface area contributed by atoms with E-state index in [1.165, 1.54) is 4.88 Å². The van der Waals surface area contributed by atoms with E-state index in [1.807, 2.05) is 36.1 Å². The third-order valence-electron chi connectivity index (χ3n) is 4.48. The molecular weight excluding hydrogens is 316 g/mol. The first-order valence-corrected chi connectivity index (χ1v) is 9.21. The van der Waals surface area contributed by atoms with Crippen molar-refractivity contribution >= 4 is 28.1 Å². The smallest absolute Gasteiger partial charge is 0.255 e. The lowest BCUT2D eigenvalue weighted by Crippen LogP contribution is -2.32. The summed E-state index contributed by atoms with van der Waals surface area (Å²) >= 11 is 1.71. The van der Waals surface area contributed by atoms with E-state index in [1.54, 1.807) is 11.3 Å². The van der Waals surface area contributed by atoms with Gasteiger partial charge in [-0.25, -0.2) is 0 Å². The summed E-state index contributed by atoms with van der Waals surface area (Å²) in [6.07, 6.45) is 2.22. The van der Waals surface area contributed by atoms with Crippen molar-refractivity contribution in [3.63, 3.8) is 0 Å². The molecule has 122 valence electrons. The van der Waals surface area contributed by atoms with Crippen LogP contribution in [0.2, 0.25) is 0 Å². The molecule has 4 heteroatoms. The monoisotopic (exact) mass is 336 g/mol. The number of pyridine rings is 1. The first-order valence-electron chi connectivity index (χ1n) is 8.33. The molecule has 1 amide bonds. The van der Waals surface area contributed by atoms with Gasteiger partial charge in [-0.2, -0.15) is 0 Å².